The van der Waals surface area contributed by atoms with E-state index in [0.717, 1.165) is 0 Å². The van der Waals surface area contributed by atoms with Gasteiger partial charge < -0.3 is 15.2 Å². The van der Waals surface area contributed by atoms with Crippen molar-refractivity contribution < 1.29 is 27.9 Å². The van der Waals surface area contributed by atoms with Gasteiger partial charge in [0.15, 0.2) is 0 Å². The fraction of sp³-hybridized carbons (Fsp3) is 0.176. The zero-order chi connectivity index (χ0) is 20.7. The van der Waals surface area contributed by atoms with Crippen molar-refractivity contribution in [2.75, 3.05) is 6.54 Å². The number of carboxylic acid groups (broad SMARTS) is 1. The lowest BCUT2D eigenvalue weighted by molar-refractivity contribution is -0.139. The van der Waals surface area contributed by atoms with Gasteiger partial charge in [0.2, 0.25) is 10.0 Å². The molecule has 0 aliphatic heterocycles. The summed E-state index contributed by atoms with van der Waals surface area (Å²) in [5.41, 5.74) is 0.711. The van der Waals surface area contributed by atoms with Crippen LogP contribution in [0.3, 0.4) is 0 Å². The quantitative estimate of drug-likeness (QED) is 0.572. The lowest BCUT2D eigenvalue weighted by atomic mass is 10.2. The monoisotopic (exact) mass is 446 g/mol. The third-order valence-electron chi connectivity index (χ3n) is 3.46. The van der Waals surface area contributed by atoms with Crippen LogP contribution in [-0.2, 0) is 26.2 Å². The fourth-order valence-electron chi connectivity index (χ4n) is 2.07. The maximum atomic E-state index is 12.3. The molecule has 1 unspecified atom stereocenters. The van der Waals surface area contributed by atoms with Crippen LogP contribution in [0.25, 0.3) is 0 Å². The number of hydrogen-bond acceptors (Lipinski definition) is 5. The van der Waals surface area contributed by atoms with Crippen LogP contribution in [-0.4, -0.2) is 38.2 Å². The molecule has 0 fully saturated rings. The van der Waals surface area contributed by atoms with Crippen molar-refractivity contribution in [3.05, 3.63) is 64.1 Å². The average Bonchev–Trinajstić information content (AvgIpc) is 2.63. The summed E-state index contributed by atoms with van der Waals surface area (Å²) < 4.78 is 31.6. The largest absolute Gasteiger partial charge is 0.480 e. The van der Waals surface area contributed by atoms with Gasteiger partial charge in [0.25, 0.3) is 0 Å². The van der Waals surface area contributed by atoms with Crippen molar-refractivity contribution >= 4 is 45.3 Å². The van der Waals surface area contributed by atoms with Crippen LogP contribution in [0.4, 0.5) is 4.79 Å². The van der Waals surface area contributed by atoms with Crippen LogP contribution in [0.15, 0.2) is 53.4 Å². The third-order valence-corrected chi connectivity index (χ3v) is 5.61. The number of carbonyl (C=O) groups is 2. The molecule has 2 aromatic carbocycles. The standard InChI is InChI=1S/C17H16Cl2N2O6S/c18-12-6-7-15(13(19)8-12)28(25,26)20-9-14(16(22)23)21-17(24)27-10-11-4-2-1-3-5-11/h1-8,14,20H,9-10H2,(H,21,24)(H,22,23). The predicted molar refractivity (Wildman–Crippen MR) is 103 cm³/mol. The summed E-state index contributed by atoms with van der Waals surface area (Å²) in [4.78, 5) is 22.9. The molecule has 0 saturated carbocycles. The zero-order valence-corrected chi connectivity index (χ0v) is 16.6. The molecule has 3 N–H and O–H groups in total. The summed E-state index contributed by atoms with van der Waals surface area (Å²) in [6.45, 7) is -0.678. The molecule has 0 saturated heterocycles. The van der Waals surface area contributed by atoms with E-state index in [9.17, 15) is 23.1 Å². The van der Waals surface area contributed by atoms with Crippen LogP contribution in [0, 0.1) is 0 Å². The number of aliphatic carboxylic acids is 1. The van der Waals surface area contributed by atoms with Gasteiger partial charge in [-0.05, 0) is 23.8 Å². The maximum Gasteiger partial charge on any atom is 0.408 e. The molecule has 11 heteroatoms. The summed E-state index contributed by atoms with van der Waals surface area (Å²) in [6.07, 6.45) is -1.00. The van der Waals surface area contributed by atoms with Crippen LogP contribution in [0.1, 0.15) is 5.56 Å². The summed E-state index contributed by atoms with van der Waals surface area (Å²) in [5, 5.41) is 11.4. The first kappa shape index (κ1) is 22.0. The number of amides is 1. The summed E-state index contributed by atoms with van der Waals surface area (Å²) in [5.74, 6) is -1.44. The SMILES string of the molecule is O=C(NC(CNS(=O)(=O)c1ccc(Cl)cc1Cl)C(=O)O)OCc1ccccc1. The minimum absolute atomic E-state index is 0.0644. The van der Waals surface area contributed by atoms with Gasteiger partial charge in [0, 0.05) is 11.6 Å². The van der Waals surface area contributed by atoms with Crippen molar-refractivity contribution in [1.29, 1.82) is 0 Å². The van der Waals surface area contributed by atoms with E-state index in [1.165, 1.54) is 18.2 Å². The van der Waals surface area contributed by atoms with E-state index in [-0.39, 0.29) is 21.5 Å². The second-order valence-corrected chi connectivity index (χ2v) is 8.10. The minimum atomic E-state index is -4.12. The van der Waals surface area contributed by atoms with E-state index in [0.29, 0.717) is 5.56 Å². The maximum absolute atomic E-state index is 12.3. The van der Waals surface area contributed by atoms with E-state index < -0.39 is 34.7 Å². The van der Waals surface area contributed by atoms with Crippen LogP contribution in [0.2, 0.25) is 10.0 Å². The Kier molecular flexibility index (Phi) is 7.64. The highest BCUT2D eigenvalue weighted by Gasteiger charge is 2.25. The number of carboxylic acids is 1. The second-order valence-electron chi connectivity index (χ2n) is 5.52. The van der Waals surface area contributed by atoms with E-state index >= 15 is 0 Å². The van der Waals surface area contributed by atoms with Gasteiger partial charge in [-0.3, -0.25) is 0 Å². The Labute approximate surface area is 171 Å². The summed E-state index contributed by atoms with van der Waals surface area (Å²) in [7, 11) is -4.12. The molecule has 1 amide bonds. The molecule has 28 heavy (non-hydrogen) atoms. The van der Waals surface area contributed by atoms with Crippen molar-refractivity contribution in [1.82, 2.24) is 10.0 Å². The molecular weight excluding hydrogens is 431 g/mol. The molecule has 2 aromatic rings. The Morgan fingerprint density at radius 3 is 2.39 bits per heavy atom. The number of ether oxygens (including phenoxy) is 1. The molecule has 0 radical (unpaired) electrons. The van der Waals surface area contributed by atoms with Crippen molar-refractivity contribution in [3.63, 3.8) is 0 Å². The van der Waals surface area contributed by atoms with Crippen LogP contribution >= 0.6 is 23.2 Å². The molecule has 1 atom stereocenters. The highest BCUT2D eigenvalue weighted by atomic mass is 35.5. The Morgan fingerprint density at radius 2 is 1.79 bits per heavy atom. The van der Waals surface area contributed by atoms with Crippen molar-refractivity contribution in [2.24, 2.45) is 0 Å². The molecule has 0 aliphatic carbocycles. The Bertz CT molecular complexity index is 953. The van der Waals surface area contributed by atoms with Crippen LogP contribution < -0.4 is 10.0 Å². The Hall–Kier alpha value is -2.33. The Balaban J connectivity index is 1.96. The number of benzene rings is 2. The fourth-order valence-corrected chi connectivity index (χ4v) is 3.89. The lowest BCUT2D eigenvalue weighted by Crippen LogP contribution is -2.48. The highest BCUT2D eigenvalue weighted by molar-refractivity contribution is 7.89. The van der Waals surface area contributed by atoms with Gasteiger partial charge in [0.1, 0.15) is 17.5 Å². The molecule has 0 aliphatic rings. The highest BCUT2D eigenvalue weighted by Crippen LogP contribution is 2.24. The van der Waals surface area contributed by atoms with Crippen molar-refractivity contribution in [2.45, 2.75) is 17.5 Å². The predicted octanol–water partition coefficient (Wildman–Crippen LogP) is 2.65. The Morgan fingerprint density at radius 1 is 1.11 bits per heavy atom. The van der Waals surface area contributed by atoms with Gasteiger partial charge in [-0.25, -0.2) is 22.7 Å². The third kappa shape index (κ3) is 6.38. The first-order chi connectivity index (χ1) is 13.2. The molecule has 0 bridgehead atoms. The van der Waals surface area contributed by atoms with E-state index in [1.54, 1.807) is 30.3 Å². The lowest BCUT2D eigenvalue weighted by Gasteiger charge is -2.16. The average molecular weight is 447 g/mol. The first-order valence-electron chi connectivity index (χ1n) is 7.84. The number of hydrogen-bond donors (Lipinski definition) is 3. The van der Waals surface area contributed by atoms with E-state index in [1.807, 2.05) is 0 Å². The van der Waals surface area contributed by atoms with E-state index in [4.69, 9.17) is 27.9 Å². The number of carbonyl (C=O) groups excluding carboxylic acids is 1. The molecule has 0 heterocycles. The molecule has 8 nitrogen and oxygen atoms in total. The summed E-state index contributed by atoms with van der Waals surface area (Å²) >= 11 is 11.6. The van der Waals surface area contributed by atoms with Gasteiger partial charge in [-0.2, -0.15) is 0 Å². The van der Waals surface area contributed by atoms with E-state index in [2.05, 4.69) is 10.0 Å². The number of rotatable bonds is 8. The minimum Gasteiger partial charge on any atom is -0.480 e. The van der Waals surface area contributed by atoms with Gasteiger partial charge in [-0.15, -0.1) is 0 Å². The number of halogens is 2. The zero-order valence-electron chi connectivity index (χ0n) is 14.3. The van der Waals surface area contributed by atoms with Gasteiger partial charge >= 0.3 is 12.1 Å². The van der Waals surface area contributed by atoms with Crippen molar-refractivity contribution in [3.8, 4) is 0 Å². The molecule has 0 aromatic heterocycles. The normalized spacial score (nSPS) is 12.2. The number of nitrogens with one attached hydrogen (secondary N) is 2. The molecule has 2 rings (SSSR count). The van der Waals surface area contributed by atoms with Gasteiger partial charge in [0.05, 0.1) is 5.02 Å². The number of alkyl carbamates (subject to hydrolysis) is 1. The molecule has 150 valence electrons. The first-order valence-corrected chi connectivity index (χ1v) is 10.1. The summed E-state index contributed by atoms with van der Waals surface area (Å²) in [6, 6.07) is 11.0. The topological polar surface area (TPSA) is 122 Å². The smallest absolute Gasteiger partial charge is 0.408 e. The number of sulfonamides is 1. The molecular formula is C17H16Cl2N2O6S. The van der Waals surface area contributed by atoms with Crippen LogP contribution in [0.5, 0.6) is 0 Å². The molecule has 0 spiro atoms. The van der Waals surface area contributed by atoms with Gasteiger partial charge in [-0.1, -0.05) is 53.5 Å². The second kappa shape index (κ2) is 9.74.